The second-order valence-corrected chi connectivity index (χ2v) is 4.73. The number of amides is 1. The maximum absolute atomic E-state index is 12.0. The van der Waals surface area contributed by atoms with Crippen molar-refractivity contribution in [2.24, 2.45) is 0 Å². The van der Waals surface area contributed by atoms with Gasteiger partial charge in [-0.3, -0.25) is 4.79 Å². The third kappa shape index (κ3) is 5.23. The molecule has 17 heavy (non-hydrogen) atoms. The van der Waals surface area contributed by atoms with Gasteiger partial charge in [-0.1, -0.05) is 38.5 Å². The fraction of sp³-hybridized carbons (Fsp3) is 0.786. The summed E-state index contributed by atoms with van der Waals surface area (Å²) in [5, 5.41) is 6.26. The van der Waals surface area contributed by atoms with E-state index in [0.29, 0.717) is 0 Å². The van der Waals surface area contributed by atoms with E-state index in [1.54, 1.807) is 0 Å². The largest absolute Gasteiger partial charge is 0.341 e. The average Bonchev–Trinajstić information content (AvgIpc) is 2.27. The van der Waals surface area contributed by atoms with E-state index in [1.807, 2.05) is 0 Å². The molecule has 2 atom stereocenters. The van der Waals surface area contributed by atoms with Crippen LogP contribution in [0, 0.1) is 12.3 Å². The fourth-order valence-corrected chi connectivity index (χ4v) is 2.19. The molecule has 0 aromatic rings. The molecule has 3 nitrogen and oxygen atoms in total. The minimum absolute atomic E-state index is 0.0528. The number of terminal acetylenes is 1. The van der Waals surface area contributed by atoms with Crippen molar-refractivity contribution in [1.82, 2.24) is 10.6 Å². The molecule has 1 fully saturated rings. The zero-order chi connectivity index (χ0) is 12.5. The van der Waals surface area contributed by atoms with E-state index < -0.39 is 0 Å². The molecule has 1 saturated heterocycles. The lowest BCUT2D eigenvalue weighted by molar-refractivity contribution is -0.123. The molecule has 0 saturated carbocycles. The molecule has 0 radical (unpaired) electrons. The summed E-state index contributed by atoms with van der Waals surface area (Å²) in [5.41, 5.74) is 0. The van der Waals surface area contributed by atoms with Gasteiger partial charge in [-0.05, 0) is 25.8 Å². The van der Waals surface area contributed by atoms with Crippen molar-refractivity contribution in [3.63, 3.8) is 0 Å². The van der Waals surface area contributed by atoms with Crippen molar-refractivity contribution in [3.8, 4) is 12.3 Å². The minimum Gasteiger partial charge on any atom is -0.341 e. The van der Waals surface area contributed by atoms with Crippen molar-refractivity contribution in [1.29, 1.82) is 0 Å². The molecule has 0 aromatic carbocycles. The predicted molar refractivity (Wildman–Crippen MR) is 70.5 cm³/mol. The molecule has 0 aromatic heterocycles. The van der Waals surface area contributed by atoms with Gasteiger partial charge in [0.15, 0.2) is 0 Å². The minimum atomic E-state index is -0.111. The molecule has 2 unspecified atom stereocenters. The van der Waals surface area contributed by atoms with E-state index in [4.69, 9.17) is 6.42 Å². The topological polar surface area (TPSA) is 41.1 Å². The van der Waals surface area contributed by atoms with Gasteiger partial charge in [0.05, 0.1) is 12.1 Å². The van der Waals surface area contributed by atoms with Crippen molar-refractivity contribution in [2.75, 3.05) is 6.54 Å². The second kappa shape index (κ2) is 8.14. The van der Waals surface area contributed by atoms with Crippen LogP contribution >= 0.6 is 0 Å². The SMILES string of the molecule is C#CC(CCC)NC(=O)C1CCCCCCN1. The first-order valence-corrected chi connectivity index (χ1v) is 6.77. The lowest BCUT2D eigenvalue weighted by atomic mass is 10.0. The standard InChI is InChI=1S/C14H24N2O/c1-3-9-12(4-2)16-14(17)13-10-7-5-6-8-11-15-13/h2,12-13,15H,3,5-11H2,1H3,(H,16,17). The van der Waals surface area contributed by atoms with Gasteiger partial charge in [-0.25, -0.2) is 0 Å². The summed E-state index contributed by atoms with van der Waals surface area (Å²) in [6.07, 6.45) is 13.0. The number of hydrogen-bond acceptors (Lipinski definition) is 2. The number of carbonyl (C=O) groups is 1. The van der Waals surface area contributed by atoms with Crippen molar-refractivity contribution in [3.05, 3.63) is 0 Å². The zero-order valence-electron chi connectivity index (χ0n) is 10.8. The van der Waals surface area contributed by atoms with E-state index in [9.17, 15) is 4.79 Å². The van der Waals surface area contributed by atoms with Crippen LogP contribution in [0.4, 0.5) is 0 Å². The Labute approximate surface area is 105 Å². The molecular formula is C14H24N2O. The molecule has 2 N–H and O–H groups in total. The van der Waals surface area contributed by atoms with Crippen LogP contribution in [0.5, 0.6) is 0 Å². The highest BCUT2D eigenvalue weighted by Crippen LogP contribution is 2.10. The second-order valence-electron chi connectivity index (χ2n) is 4.73. The highest BCUT2D eigenvalue weighted by Gasteiger charge is 2.20. The Balaban J connectivity index is 2.41. The third-order valence-electron chi connectivity index (χ3n) is 3.22. The highest BCUT2D eigenvalue weighted by atomic mass is 16.2. The Hall–Kier alpha value is -1.01. The van der Waals surface area contributed by atoms with Crippen molar-refractivity contribution in [2.45, 2.75) is 64.0 Å². The molecule has 0 aliphatic carbocycles. The van der Waals surface area contributed by atoms with Gasteiger partial charge in [0.2, 0.25) is 5.91 Å². The zero-order valence-corrected chi connectivity index (χ0v) is 10.8. The van der Waals surface area contributed by atoms with Gasteiger partial charge in [0.1, 0.15) is 0 Å². The molecule has 3 heteroatoms. The maximum atomic E-state index is 12.0. The molecule has 96 valence electrons. The van der Waals surface area contributed by atoms with E-state index in [-0.39, 0.29) is 18.0 Å². The normalized spacial score (nSPS) is 22.9. The van der Waals surface area contributed by atoms with Crippen LogP contribution < -0.4 is 10.6 Å². The van der Waals surface area contributed by atoms with Crippen LogP contribution in [0.2, 0.25) is 0 Å². The smallest absolute Gasteiger partial charge is 0.238 e. The molecule has 1 rings (SSSR count). The quantitative estimate of drug-likeness (QED) is 0.731. The molecule has 0 spiro atoms. The first kappa shape index (κ1) is 14.1. The van der Waals surface area contributed by atoms with Crippen LogP contribution in [0.15, 0.2) is 0 Å². The van der Waals surface area contributed by atoms with Crippen molar-refractivity contribution >= 4 is 5.91 Å². The summed E-state index contributed by atoms with van der Waals surface area (Å²) in [6, 6.07) is -0.164. The highest BCUT2D eigenvalue weighted by molar-refractivity contribution is 5.82. The monoisotopic (exact) mass is 236 g/mol. The Morgan fingerprint density at radius 3 is 2.94 bits per heavy atom. The van der Waals surface area contributed by atoms with E-state index in [1.165, 1.54) is 12.8 Å². The molecule has 1 amide bonds. The summed E-state index contributed by atoms with van der Waals surface area (Å²) < 4.78 is 0. The van der Waals surface area contributed by atoms with Gasteiger partial charge >= 0.3 is 0 Å². The van der Waals surface area contributed by atoms with Crippen LogP contribution in [-0.2, 0) is 4.79 Å². The Bertz CT molecular complexity index is 262. The summed E-state index contributed by atoms with van der Waals surface area (Å²) in [5.74, 6) is 2.71. The average molecular weight is 236 g/mol. The van der Waals surface area contributed by atoms with Gasteiger partial charge in [0.25, 0.3) is 0 Å². The fourth-order valence-electron chi connectivity index (χ4n) is 2.19. The molecule has 1 aliphatic rings. The van der Waals surface area contributed by atoms with Crippen LogP contribution in [0.3, 0.4) is 0 Å². The first-order valence-electron chi connectivity index (χ1n) is 6.77. The van der Waals surface area contributed by atoms with Gasteiger partial charge < -0.3 is 10.6 Å². The molecule has 1 heterocycles. The summed E-state index contributed by atoms with van der Waals surface area (Å²) >= 11 is 0. The molecular weight excluding hydrogens is 212 g/mol. The van der Waals surface area contributed by atoms with Crippen molar-refractivity contribution < 1.29 is 4.79 Å². The predicted octanol–water partition coefficient (Wildman–Crippen LogP) is 1.83. The van der Waals surface area contributed by atoms with Crippen LogP contribution in [-0.4, -0.2) is 24.5 Å². The lowest BCUT2D eigenvalue weighted by Crippen LogP contribution is -2.48. The Kier molecular flexibility index (Phi) is 6.73. The molecule has 0 bridgehead atoms. The number of nitrogens with one attached hydrogen (secondary N) is 2. The third-order valence-corrected chi connectivity index (χ3v) is 3.22. The Morgan fingerprint density at radius 1 is 1.47 bits per heavy atom. The van der Waals surface area contributed by atoms with E-state index >= 15 is 0 Å². The summed E-state index contributed by atoms with van der Waals surface area (Å²) in [7, 11) is 0. The number of hydrogen-bond donors (Lipinski definition) is 2. The lowest BCUT2D eigenvalue weighted by Gasteiger charge is -2.22. The van der Waals surface area contributed by atoms with Gasteiger partial charge in [-0.2, -0.15) is 0 Å². The van der Waals surface area contributed by atoms with E-state index in [2.05, 4.69) is 23.5 Å². The van der Waals surface area contributed by atoms with Gasteiger partial charge in [0, 0.05) is 0 Å². The summed E-state index contributed by atoms with van der Waals surface area (Å²) in [4.78, 5) is 12.0. The van der Waals surface area contributed by atoms with Gasteiger partial charge in [-0.15, -0.1) is 6.42 Å². The maximum Gasteiger partial charge on any atom is 0.238 e. The van der Waals surface area contributed by atoms with E-state index in [0.717, 1.165) is 38.6 Å². The van der Waals surface area contributed by atoms with Crippen LogP contribution in [0.25, 0.3) is 0 Å². The Morgan fingerprint density at radius 2 is 2.24 bits per heavy atom. The number of carbonyl (C=O) groups excluding carboxylic acids is 1. The summed E-state index contributed by atoms with van der Waals surface area (Å²) in [6.45, 7) is 3.01. The first-order chi connectivity index (χ1) is 8.27. The van der Waals surface area contributed by atoms with Crippen LogP contribution in [0.1, 0.15) is 51.9 Å². The molecule has 1 aliphatic heterocycles. The number of rotatable bonds is 4.